The van der Waals surface area contributed by atoms with E-state index in [9.17, 15) is 9.90 Å². The Hall–Kier alpha value is -1.39. The fraction of sp³-hybridized carbons (Fsp3) is 0.667. The number of likely N-dealkylation sites (tertiary alicyclic amines) is 1. The van der Waals surface area contributed by atoms with Crippen LogP contribution in [0.3, 0.4) is 0 Å². The summed E-state index contributed by atoms with van der Waals surface area (Å²) in [5.74, 6) is 0.939. The lowest BCUT2D eigenvalue weighted by molar-refractivity contribution is -0.141. The van der Waals surface area contributed by atoms with E-state index in [1.165, 1.54) is 5.56 Å². The Morgan fingerprint density at radius 2 is 1.80 bits per heavy atom. The predicted octanol–water partition coefficient (Wildman–Crippen LogP) is 2.52. The molecule has 1 aromatic carbocycles. The molecule has 1 aliphatic carbocycles. The van der Waals surface area contributed by atoms with Gasteiger partial charge in [0.15, 0.2) is 0 Å². The standard InChI is InChI=1S/C21H32N2O2/c1-22(2)13-17-12-18(16-24)15-23(14-17)20(25)21(10-6-7-11-21)19-8-4-3-5-9-19/h3-5,8-9,17-18,24H,6-7,10-16H2,1-2H3/t17-,18+/m1/s1. The molecule has 0 aromatic heterocycles. The van der Waals surface area contributed by atoms with E-state index in [4.69, 9.17) is 0 Å². The van der Waals surface area contributed by atoms with Crippen LogP contribution < -0.4 is 0 Å². The number of aliphatic hydroxyl groups excluding tert-OH is 1. The highest BCUT2D eigenvalue weighted by molar-refractivity contribution is 5.88. The number of hydrogen-bond acceptors (Lipinski definition) is 3. The van der Waals surface area contributed by atoms with Crippen molar-refractivity contribution in [1.82, 2.24) is 9.80 Å². The van der Waals surface area contributed by atoms with Crippen LogP contribution in [0, 0.1) is 11.8 Å². The van der Waals surface area contributed by atoms with Gasteiger partial charge in [-0.25, -0.2) is 0 Å². The van der Waals surface area contributed by atoms with Crippen molar-refractivity contribution in [3.05, 3.63) is 35.9 Å². The molecule has 25 heavy (non-hydrogen) atoms. The number of hydrogen-bond donors (Lipinski definition) is 1. The van der Waals surface area contributed by atoms with Crippen molar-refractivity contribution in [2.45, 2.75) is 37.5 Å². The maximum Gasteiger partial charge on any atom is 0.233 e. The zero-order chi connectivity index (χ0) is 17.9. The number of nitrogens with zero attached hydrogens (tertiary/aromatic N) is 2. The summed E-state index contributed by atoms with van der Waals surface area (Å²) in [6.07, 6.45) is 5.16. The molecule has 0 spiro atoms. The molecule has 1 N–H and O–H groups in total. The minimum atomic E-state index is -0.346. The summed E-state index contributed by atoms with van der Waals surface area (Å²) in [5, 5.41) is 9.74. The molecule has 0 radical (unpaired) electrons. The van der Waals surface area contributed by atoms with Gasteiger partial charge in [-0.15, -0.1) is 0 Å². The van der Waals surface area contributed by atoms with Crippen LogP contribution in [0.5, 0.6) is 0 Å². The molecule has 4 heteroatoms. The fourth-order valence-corrected chi connectivity index (χ4v) is 4.93. The van der Waals surface area contributed by atoms with Crippen LogP contribution in [0.1, 0.15) is 37.7 Å². The Morgan fingerprint density at radius 3 is 2.40 bits per heavy atom. The Bertz CT molecular complexity index is 567. The number of carbonyl (C=O) groups excluding carboxylic acids is 1. The maximum absolute atomic E-state index is 13.6. The first-order valence-corrected chi connectivity index (χ1v) is 9.65. The first-order valence-electron chi connectivity index (χ1n) is 9.65. The number of carbonyl (C=O) groups is 1. The molecule has 1 saturated carbocycles. The van der Waals surface area contributed by atoms with Crippen molar-refractivity contribution in [3.63, 3.8) is 0 Å². The first kappa shape index (κ1) is 18.4. The number of amides is 1. The highest BCUT2D eigenvalue weighted by Crippen LogP contribution is 2.43. The molecule has 0 unspecified atom stereocenters. The molecular formula is C21H32N2O2. The van der Waals surface area contributed by atoms with E-state index in [2.05, 4.69) is 36.0 Å². The quantitative estimate of drug-likeness (QED) is 0.893. The van der Waals surface area contributed by atoms with Crippen LogP contribution in [-0.4, -0.2) is 61.2 Å². The lowest BCUT2D eigenvalue weighted by Crippen LogP contribution is -2.53. The maximum atomic E-state index is 13.6. The summed E-state index contributed by atoms with van der Waals surface area (Å²) in [6, 6.07) is 10.4. The minimum absolute atomic E-state index is 0.173. The minimum Gasteiger partial charge on any atom is -0.396 e. The predicted molar refractivity (Wildman–Crippen MR) is 100 cm³/mol. The van der Waals surface area contributed by atoms with Gasteiger partial charge in [0.2, 0.25) is 5.91 Å². The topological polar surface area (TPSA) is 43.8 Å². The summed E-state index contributed by atoms with van der Waals surface area (Å²) in [5.41, 5.74) is 0.828. The third-order valence-electron chi connectivity index (χ3n) is 5.99. The Kier molecular flexibility index (Phi) is 5.80. The second-order valence-corrected chi connectivity index (χ2v) is 8.28. The molecule has 0 bridgehead atoms. The number of aliphatic hydroxyl groups is 1. The Morgan fingerprint density at radius 1 is 1.16 bits per heavy atom. The van der Waals surface area contributed by atoms with Crippen LogP contribution in [0.25, 0.3) is 0 Å². The fourth-order valence-electron chi connectivity index (χ4n) is 4.93. The Balaban J connectivity index is 1.84. The third-order valence-corrected chi connectivity index (χ3v) is 5.99. The molecule has 1 amide bonds. The lowest BCUT2D eigenvalue weighted by atomic mass is 9.76. The summed E-state index contributed by atoms with van der Waals surface area (Å²) in [7, 11) is 4.16. The molecule has 1 aliphatic heterocycles. The first-order chi connectivity index (χ1) is 12.0. The van der Waals surface area contributed by atoms with Crippen molar-refractivity contribution in [2.75, 3.05) is 40.3 Å². The molecule has 2 fully saturated rings. The van der Waals surface area contributed by atoms with Gasteiger partial charge in [0.25, 0.3) is 0 Å². The van der Waals surface area contributed by atoms with Gasteiger partial charge in [0.1, 0.15) is 0 Å². The molecule has 4 nitrogen and oxygen atoms in total. The number of rotatable bonds is 5. The summed E-state index contributed by atoms with van der Waals surface area (Å²) in [6.45, 7) is 2.67. The van der Waals surface area contributed by atoms with Crippen molar-refractivity contribution in [2.24, 2.45) is 11.8 Å². The van der Waals surface area contributed by atoms with Crippen LogP contribution in [0.4, 0.5) is 0 Å². The summed E-state index contributed by atoms with van der Waals surface area (Å²) in [4.78, 5) is 17.9. The van der Waals surface area contributed by atoms with Gasteiger partial charge in [-0.05, 0) is 50.8 Å². The van der Waals surface area contributed by atoms with E-state index in [-0.39, 0.29) is 23.8 Å². The van der Waals surface area contributed by atoms with Crippen molar-refractivity contribution < 1.29 is 9.90 Å². The van der Waals surface area contributed by atoms with Gasteiger partial charge >= 0.3 is 0 Å². The van der Waals surface area contributed by atoms with Gasteiger partial charge in [-0.2, -0.15) is 0 Å². The van der Waals surface area contributed by atoms with Crippen LogP contribution in [-0.2, 0) is 10.2 Å². The lowest BCUT2D eigenvalue weighted by Gasteiger charge is -2.42. The second-order valence-electron chi connectivity index (χ2n) is 8.28. The number of piperidine rings is 1. The molecule has 2 atom stereocenters. The molecular weight excluding hydrogens is 312 g/mol. The van der Waals surface area contributed by atoms with Gasteiger partial charge in [-0.1, -0.05) is 43.2 Å². The average molecular weight is 344 g/mol. The van der Waals surface area contributed by atoms with Crippen molar-refractivity contribution >= 4 is 5.91 Å². The van der Waals surface area contributed by atoms with E-state index < -0.39 is 0 Å². The van der Waals surface area contributed by atoms with Crippen LogP contribution >= 0.6 is 0 Å². The van der Waals surface area contributed by atoms with Gasteiger partial charge < -0.3 is 14.9 Å². The third kappa shape index (κ3) is 3.90. The molecule has 1 heterocycles. The number of benzene rings is 1. The largest absolute Gasteiger partial charge is 0.396 e. The van der Waals surface area contributed by atoms with Gasteiger partial charge in [-0.3, -0.25) is 4.79 Å². The smallest absolute Gasteiger partial charge is 0.233 e. The van der Waals surface area contributed by atoms with E-state index in [1.54, 1.807) is 0 Å². The molecule has 1 saturated heterocycles. The van der Waals surface area contributed by atoms with Crippen molar-refractivity contribution in [3.8, 4) is 0 Å². The van der Waals surface area contributed by atoms with E-state index in [1.807, 2.05) is 18.2 Å². The van der Waals surface area contributed by atoms with Gasteiger partial charge in [0, 0.05) is 26.2 Å². The second kappa shape index (κ2) is 7.88. The van der Waals surface area contributed by atoms with E-state index in [0.29, 0.717) is 12.5 Å². The summed E-state index contributed by atoms with van der Waals surface area (Å²) >= 11 is 0. The normalized spacial score (nSPS) is 26.2. The average Bonchev–Trinajstić information content (AvgIpc) is 3.12. The molecule has 3 rings (SSSR count). The monoisotopic (exact) mass is 344 g/mol. The Labute approximate surface area is 151 Å². The zero-order valence-electron chi connectivity index (χ0n) is 15.7. The molecule has 138 valence electrons. The highest BCUT2D eigenvalue weighted by atomic mass is 16.3. The van der Waals surface area contributed by atoms with Gasteiger partial charge in [0.05, 0.1) is 5.41 Å². The van der Waals surface area contributed by atoms with Crippen molar-refractivity contribution in [1.29, 1.82) is 0 Å². The molecule has 2 aliphatic rings. The highest BCUT2D eigenvalue weighted by Gasteiger charge is 2.46. The summed E-state index contributed by atoms with van der Waals surface area (Å²) < 4.78 is 0. The van der Waals surface area contributed by atoms with Crippen LogP contribution in [0.15, 0.2) is 30.3 Å². The van der Waals surface area contributed by atoms with E-state index >= 15 is 0 Å². The molecule has 1 aromatic rings. The van der Waals surface area contributed by atoms with Crippen LogP contribution in [0.2, 0.25) is 0 Å². The zero-order valence-corrected chi connectivity index (χ0v) is 15.7. The van der Waals surface area contributed by atoms with E-state index in [0.717, 1.165) is 45.2 Å². The SMILES string of the molecule is CN(C)C[C@H]1C[C@H](CO)CN(C(=O)C2(c3ccccc3)CCCC2)C1.